The molecule has 7 heteroatoms. The van der Waals surface area contributed by atoms with Gasteiger partial charge in [-0.2, -0.15) is 0 Å². The number of carbonyl (C=O) groups excluding carboxylic acids is 1. The number of aromatic nitrogens is 1. The molecular formula is C21H30IN5O. The van der Waals surface area contributed by atoms with Gasteiger partial charge in [0, 0.05) is 52.2 Å². The number of aryl methyl sites for hydroxylation is 1. The minimum atomic E-state index is 0. The van der Waals surface area contributed by atoms with Crippen molar-refractivity contribution in [3.05, 3.63) is 65.0 Å². The highest BCUT2D eigenvalue weighted by atomic mass is 127. The Morgan fingerprint density at radius 2 is 1.86 bits per heavy atom. The number of pyridine rings is 1. The van der Waals surface area contributed by atoms with Crippen LogP contribution >= 0.6 is 24.0 Å². The molecule has 0 spiro atoms. The summed E-state index contributed by atoms with van der Waals surface area (Å²) >= 11 is 0. The Bertz CT molecular complexity index is 792. The topological polar surface area (TPSA) is 69.6 Å². The molecular weight excluding hydrogens is 465 g/mol. The Labute approximate surface area is 184 Å². The van der Waals surface area contributed by atoms with E-state index in [0.29, 0.717) is 5.56 Å². The molecule has 1 heterocycles. The van der Waals surface area contributed by atoms with Crippen LogP contribution in [0.3, 0.4) is 0 Å². The second-order valence-corrected chi connectivity index (χ2v) is 6.63. The summed E-state index contributed by atoms with van der Waals surface area (Å²) in [5.41, 5.74) is 4.33. The molecule has 28 heavy (non-hydrogen) atoms. The van der Waals surface area contributed by atoms with E-state index in [4.69, 9.17) is 0 Å². The van der Waals surface area contributed by atoms with Crippen LogP contribution in [0.1, 0.15) is 27.0 Å². The molecule has 0 aliphatic rings. The lowest BCUT2D eigenvalue weighted by molar-refractivity contribution is 0.0827. The first-order valence-electron chi connectivity index (χ1n) is 9.16. The number of nitrogens with one attached hydrogen (secondary N) is 2. The summed E-state index contributed by atoms with van der Waals surface area (Å²) in [6.07, 6.45) is 5.45. The van der Waals surface area contributed by atoms with Gasteiger partial charge in [-0.15, -0.1) is 24.0 Å². The molecule has 0 aliphatic carbocycles. The quantitative estimate of drug-likeness (QED) is 0.352. The molecule has 2 aromatic rings. The average molecular weight is 495 g/mol. The Balaban J connectivity index is 0.00000392. The fraction of sp³-hybridized carbons (Fsp3) is 0.381. The summed E-state index contributed by atoms with van der Waals surface area (Å²) in [7, 11) is 5.29. The van der Waals surface area contributed by atoms with Gasteiger partial charge >= 0.3 is 0 Å². The van der Waals surface area contributed by atoms with E-state index in [2.05, 4.69) is 33.6 Å². The summed E-state index contributed by atoms with van der Waals surface area (Å²) in [5, 5.41) is 6.66. The molecule has 0 unspecified atom stereocenters. The summed E-state index contributed by atoms with van der Waals surface area (Å²) in [5.74, 6) is 0.802. The maximum Gasteiger partial charge on any atom is 0.253 e. The Kier molecular flexibility index (Phi) is 10.5. The second kappa shape index (κ2) is 12.3. The molecule has 1 amide bonds. The monoisotopic (exact) mass is 495 g/mol. The highest BCUT2D eigenvalue weighted by molar-refractivity contribution is 14.0. The Morgan fingerprint density at radius 1 is 1.14 bits per heavy atom. The molecule has 0 radical (unpaired) electrons. The van der Waals surface area contributed by atoms with Crippen LogP contribution in [0.4, 0.5) is 0 Å². The standard InChI is InChI=1S/C21H29N5O.HI/c1-16-15-23-11-9-18(16)10-13-25-21(22-2)24-12-8-17-6-5-7-19(14-17)20(27)26(3)4;/h5-7,9,11,14-15H,8,10,12-13H2,1-4H3,(H2,22,24,25);1H. The van der Waals surface area contributed by atoms with Gasteiger partial charge in [0.1, 0.15) is 0 Å². The third kappa shape index (κ3) is 7.46. The van der Waals surface area contributed by atoms with Crippen LogP contribution in [0.25, 0.3) is 0 Å². The first kappa shape index (κ1) is 23.9. The van der Waals surface area contributed by atoms with Crippen LogP contribution in [0.2, 0.25) is 0 Å². The number of guanidine groups is 1. The minimum absolute atomic E-state index is 0. The molecule has 0 atom stereocenters. The van der Waals surface area contributed by atoms with Crippen LogP contribution in [0.5, 0.6) is 0 Å². The van der Waals surface area contributed by atoms with Gasteiger partial charge in [0.25, 0.3) is 5.91 Å². The number of nitrogens with zero attached hydrogens (tertiary/aromatic N) is 3. The number of aliphatic imine (C=N–C) groups is 1. The first-order chi connectivity index (χ1) is 13.0. The molecule has 2 N–H and O–H groups in total. The van der Waals surface area contributed by atoms with Crippen molar-refractivity contribution in [2.24, 2.45) is 4.99 Å². The van der Waals surface area contributed by atoms with Gasteiger partial charge < -0.3 is 15.5 Å². The fourth-order valence-corrected chi connectivity index (χ4v) is 2.76. The zero-order valence-corrected chi connectivity index (χ0v) is 19.4. The van der Waals surface area contributed by atoms with Gasteiger partial charge in [0.2, 0.25) is 0 Å². The third-order valence-corrected chi connectivity index (χ3v) is 4.33. The highest BCUT2D eigenvalue weighted by Gasteiger charge is 2.08. The van der Waals surface area contributed by atoms with E-state index in [9.17, 15) is 4.79 Å². The zero-order chi connectivity index (χ0) is 19.6. The lowest BCUT2D eigenvalue weighted by Gasteiger charge is -2.13. The molecule has 0 saturated heterocycles. The summed E-state index contributed by atoms with van der Waals surface area (Å²) in [4.78, 5) is 22.0. The largest absolute Gasteiger partial charge is 0.356 e. The van der Waals surface area contributed by atoms with Crippen molar-refractivity contribution in [1.82, 2.24) is 20.5 Å². The van der Waals surface area contributed by atoms with Crippen molar-refractivity contribution in [1.29, 1.82) is 0 Å². The van der Waals surface area contributed by atoms with E-state index >= 15 is 0 Å². The van der Waals surface area contributed by atoms with E-state index in [1.807, 2.05) is 36.7 Å². The summed E-state index contributed by atoms with van der Waals surface area (Å²) in [6.45, 7) is 3.62. The van der Waals surface area contributed by atoms with Gasteiger partial charge in [-0.25, -0.2) is 0 Å². The van der Waals surface area contributed by atoms with Gasteiger partial charge in [0.05, 0.1) is 0 Å². The number of hydrogen-bond acceptors (Lipinski definition) is 3. The lowest BCUT2D eigenvalue weighted by Crippen LogP contribution is -2.39. The number of carbonyl (C=O) groups is 1. The predicted molar refractivity (Wildman–Crippen MR) is 126 cm³/mol. The Hall–Kier alpha value is -2.16. The summed E-state index contributed by atoms with van der Waals surface area (Å²) in [6, 6.07) is 9.81. The van der Waals surface area contributed by atoms with Crippen molar-refractivity contribution < 1.29 is 4.79 Å². The maximum absolute atomic E-state index is 12.1. The first-order valence-corrected chi connectivity index (χ1v) is 9.16. The van der Waals surface area contributed by atoms with E-state index in [1.165, 1.54) is 11.1 Å². The van der Waals surface area contributed by atoms with E-state index in [1.54, 1.807) is 26.0 Å². The Morgan fingerprint density at radius 3 is 2.50 bits per heavy atom. The van der Waals surface area contributed by atoms with Crippen LogP contribution in [-0.4, -0.2) is 56.0 Å². The molecule has 1 aromatic carbocycles. The van der Waals surface area contributed by atoms with Crippen molar-refractivity contribution in [3.63, 3.8) is 0 Å². The third-order valence-electron chi connectivity index (χ3n) is 4.33. The molecule has 152 valence electrons. The fourth-order valence-electron chi connectivity index (χ4n) is 2.76. The smallest absolute Gasteiger partial charge is 0.253 e. The number of hydrogen-bond donors (Lipinski definition) is 2. The molecule has 0 bridgehead atoms. The second-order valence-electron chi connectivity index (χ2n) is 6.63. The van der Waals surface area contributed by atoms with Gasteiger partial charge in [0.15, 0.2) is 5.96 Å². The van der Waals surface area contributed by atoms with Gasteiger partial charge in [-0.1, -0.05) is 12.1 Å². The van der Waals surface area contributed by atoms with Crippen LogP contribution in [-0.2, 0) is 12.8 Å². The minimum Gasteiger partial charge on any atom is -0.356 e. The average Bonchev–Trinajstić information content (AvgIpc) is 2.67. The predicted octanol–water partition coefficient (Wildman–Crippen LogP) is 2.66. The molecule has 1 aromatic heterocycles. The molecule has 0 fully saturated rings. The van der Waals surface area contributed by atoms with Crippen LogP contribution in [0, 0.1) is 6.92 Å². The number of halogens is 1. The molecule has 0 saturated carbocycles. The summed E-state index contributed by atoms with van der Waals surface area (Å²) < 4.78 is 0. The highest BCUT2D eigenvalue weighted by Crippen LogP contribution is 2.08. The van der Waals surface area contributed by atoms with Crippen LogP contribution < -0.4 is 10.6 Å². The SMILES string of the molecule is CN=C(NCCc1cccc(C(=O)N(C)C)c1)NCCc1ccncc1C.I. The van der Waals surface area contributed by atoms with Crippen LogP contribution in [0.15, 0.2) is 47.7 Å². The number of amides is 1. The molecule has 0 aliphatic heterocycles. The molecule has 6 nitrogen and oxygen atoms in total. The van der Waals surface area contributed by atoms with Gasteiger partial charge in [-0.3, -0.25) is 14.8 Å². The van der Waals surface area contributed by atoms with Crippen molar-refractivity contribution >= 4 is 35.8 Å². The van der Waals surface area contributed by atoms with E-state index in [0.717, 1.165) is 37.5 Å². The molecule has 2 rings (SSSR count). The van der Waals surface area contributed by atoms with Crippen molar-refractivity contribution in [2.45, 2.75) is 19.8 Å². The maximum atomic E-state index is 12.1. The van der Waals surface area contributed by atoms with Crippen molar-refractivity contribution in [3.8, 4) is 0 Å². The van der Waals surface area contributed by atoms with E-state index < -0.39 is 0 Å². The number of rotatable bonds is 7. The number of benzene rings is 1. The zero-order valence-electron chi connectivity index (χ0n) is 17.0. The van der Waals surface area contributed by atoms with Gasteiger partial charge in [-0.05, 0) is 54.7 Å². The lowest BCUT2D eigenvalue weighted by atomic mass is 10.1. The van der Waals surface area contributed by atoms with E-state index in [-0.39, 0.29) is 29.9 Å². The normalized spacial score (nSPS) is 10.8. The van der Waals surface area contributed by atoms with Crippen molar-refractivity contribution in [2.75, 3.05) is 34.2 Å².